The number of nitrogens with zero attached hydrogens (tertiary/aromatic N) is 2. The number of rotatable bonds is 3. The molecule has 1 unspecified atom stereocenters. The number of hydrogen-bond donors (Lipinski definition) is 1. The van der Waals surface area contributed by atoms with E-state index in [0.29, 0.717) is 12.2 Å². The lowest BCUT2D eigenvalue weighted by Crippen LogP contribution is -2.32. The largest absolute Gasteiger partial charge is 0.573 e. The minimum atomic E-state index is -4.60. The van der Waals surface area contributed by atoms with Gasteiger partial charge in [0.1, 0.15) is 17.2 Å². The van der Waals surface area contributed by atoms with Crippen molar-refractivity contribution in [2.75, 3.05) is 6.61 Å². The number of pyridine rings is 1. The molecule has 0 fully saturated rings. The van der Waals surface area contributed by atoms with Gasteiger partial charge in [0.25, 0.3) is 5.91 Å². The summed E-state index contributed by atoms with van der Waals surface area (Å²) in [6, 6.07) is 18.6. The zero-order chi connectivity index (χ0) is 26.1. The summed E-state index contributed by atoms with van der Waals surface area (Å²) in [5.74, 6) is 0.479. The third-order valence-corrected chi connectivity index (χ3v) is 5.22. The molecule has 0 saturated carbocycles. The van der Waals surface area contributed by atoms with Gasteiger partial charge in [0.15, 0.2) is 0 Å². The summed E-state index contributed by atoms with van der Waals surface area (Å²) in [5.41, 5.74) is 2.53. The highest BCUT2D eigenvalue weighted by molar-refractivity contribution is 6.07. The first-order chi connectivity index (χ1) is 17.3. The van der Waals surface area contributed by atoms with Crippen LogP contribution in [0.4, 0.5) is 13.2 Å². The van der Waals surface area contributed by atoms with Crippen LogP contribution in [-0.4, -0.2) is 28.4 Å². The van der Waals surface area contributed by atoms with E-state index in [1.807, 2.05) is 68.1 Å². The Morgan fingerprint density at radius 2 is 1.75 bits per heavy atom. The Morgan fingerprint density at radius 3 is 2.47 bits per heavy atom. The molecule has 1 aliphatic rings. The summed E-state index contributed by atoms with van der Waals surface area (Å²) < 4.78 is 45.7. The van der Waals surface area contributed by atoms with Gasteiger partial charge in [-0.3, -0.25) is 9.78 Å². The van der Waals surface area contributed by atoms with E-state index in [1.165, 1.54) is 24.3 Å². The first-order valence-electron chi connectivity index (χ1n) is 11.6. The van der Waals surface area contributed by atoms with Crippen LogP contribution in [0.15, 0.2) is 79.1 Å². The fraction of sp³-hybridized carbons (Fsp3) is 0.259. The molecule has 2 aromatic heterocycles. The lowest BCUT2D eigenvalue weighted by molar-refractivity contribution is -0.274. The summed E-state index contributed by atoms with van der Waals surface area (Å²) in [5, 5.41) is 4.06. The maximum atomic E-state index is 12.8. The molecule has 190 valence electrons. The second-order valence-corrected chi connectivity index (χ2v) is 7.58. The molecule has 2 aromatic carbocycles. The average Bonchev–Trinajstić information content (AvgIpc) is 3.22. The normalized spacial score (nSPS) is 14.2. The number of carbonyl (C=O) groups excluding carboxylic acids is 1. The number of alkyl halides is 3. The molecular formula is C27H28F3N3O3. The van der Waals surface area contributed by atoms with E-state index in [4.69, 9.17) is 4.74 Å². The minimum absolute atomic E-state index is 0.0784. The second kappa shape index (κ2) is 12.1. The van der Waals surface area contributed by atoms with Crippen molar-refractivity contribution in [3.8, 4) is 11.5 Å². The highest BCUT2D eigenvalue weighted by Crippen LogP contribution is 2.30. The Hall–Kier alpha value is -4.01. The fourth-order valence-electron chi connectivity index (χ4n) is 3.73. The molecule has 1 amide bonds. The van der Waals surface area contributed by atoms with E-state index >= 15 is 0 Å². The van der Waals surface area contributed by atoms with Gasteiger partial charge in [0, 0.05) is 36.8 Å². The van der Waals surface area contributed by atoms with Crippen LogP contribution in [0.5, 0.6) is 11.5 Å². The maximum absolute atomic E-state index is 12.8. The number of ether oxygens (including phenoxy) is 2. The molecule has 1 N–H and O–H groups in total. The number of aryl methyl sites for hydroxylation is 1. The topological polar surface area (TPSA) is 65.4 Å². The van der Waals surface area contributed by atoms with E-state index in [9.17, 15) is 18.0 Å². The van der Waals surface area contributed by atoms with Gasteiger partial charge in [-0.1, -0.05) is 50.2 Å². The first-order valence-corrected chi connectivity index (χ1v) is 11.6. The van der Waals surface area contributed by atoms with Crippen LogP contribution >= 0.6 is 0 Å². The third kappa shape index (κ3) is 6.78. The van der Waals surface area contributed by atoms with Crippen LogP contribution in [0.25, 0.3) is 10.9 Å². The number of para-hydroxylation sites is 2. The number of halogens is 3. The van der Waals surface area contributed by atoms with Crippen LogP contribution in [0, 0.1) is 0 Å². The Balaban J connectivity index is 0.000000235. The second-order valence-electron chi connectivity index (χ2n) is 7.58. The fourth-order valence-corrected chi connectivity index (χ4v) is 3.73. The molecule has 0 spiro atoms. The summed E-state index contributed by atoms with van der Waals surface area (Å²) >= 11 is 0. The van der Waals surface area contributed by atoms with E-state index < -0.39 is 6.36 Å². The number of nitrogens with one attached hydrogen (secondary N) is 1. The van der Waals surface area contributed by atoms with Crippen molar-refractivity contribution in [1.82, 2.24) is 14.9 Å². The molecule has 5 rings (SSSR count). The summed E-state index contributed by atoms with van der Waals surface area (Å²) in [7, 11) is 1.95. The molecule has 6 nitrogen and oxygen atoms in total. The van der Waals surface area contributed by atoms with Crippen molar-refractivity contribution < 1.29 is 27.4 Å². The molecule has 9 heteroatoms. The molecule has 0 saturated heterocycles. The summed E-state index contributed by atoms with van der Waals surface area (Å²) in [4.78, 5) is 17.1. The van der Waals surface area contributed by atoms with Crippen LogP contribution < -0.4 is 14.8 Å². The quantitative estimate of drug-likeness (QED) is 0.352. The number of fused-ring (bicyclic) bond motifs is 2. The number of carbonyl (C=O) groups is 1. The number of benzene rings is 2. The van der Waals surface area contributed by atoms with Gasteiger partial charge in [-0.05, 0) is 30.3 Å². The first kappa shape index (κ1) is 26.6. The molecule has 4 aromatic rings. The molecule has 1 atom stereocenters. The van der Waals surface area contributed by atoms with E-state index in [0.717, 1.165) is 28.8 Å². The molecule has 36 heavy (non-hydrogen) atoms. The Bertz CT molecular complexity index is 1270. The molecule has 0 radical (unpaired) electrons. The highest BCUT2D eigenvalue weighted by atomic mass is 19.4. The van der Waals surface area contributed by atoms with Gasteiger partial charge in [-0.15, -0.1) is 13.2 Å². The summed E-state index contributed by atoms with van der Waals surface area (Å²) in [6.45, 7) is 4.58. The van der Waals surface area contributed by atoms with Gasteiger partial charge in [0.2, 0.25) is 0 Å². The van der Waals surface area contributed by atoms with Crippen LogP contribution in [0.3, 0.4) is 0 Å². The van der Waals surface area contributed by atoms with Crippen molar-refractivity contribution in [2.24, 2.45) is 7.05 Å². The van der Waals surface area contributed by atoms with Gasteiger partial charge in [-0.25, -0.2) is 0 Å². The van der Waals surface area contributed by atoms with E-state index in [-0.39, 0.29) is 17.7 Å². The van der Waals surface area contributed by atoms with Crippen LogP contribution in [0.2, 0.25) is 0 Å². The summed E-state index contributed by atoms with van der Waals surface area (Å²) in [6.07, 6.45) is -0.273. The van der Waals surface area contributed by atoms with Crippen LogP contribution in [0.1, 0.15) is 42.4 Å². The SMILES string of the molecule is CC.Cn1cc(C(=O)NC2CCOc3cccnc32)c2ccccc21.FC(F)(F)Oc1ccccc1. The monoisotopic (exact) mass is 499 g/mol. The average molecular weight is 500 g/mol. The molecule has 1 aliphatic heterocycles. The van der Waals surface area contributed by atoms with Gasteiger partial charge < -0.3 is 19.4 Å². The Kier molecular flexibility index (Phi) is 8.94. The molecule has 3 heterocycles. The lowest BCUT2D eigenvalue weighted by Gasteiger charge is -2.25. The Morgan fingerprint density at radius 1 is 1.06 bits per heavy atom. The van der Waals surface area contributed by atoms with Crippen molar-refractivity contribution in [3.05, 3.63) is 90.4 Å². The van der Waals surface area contributed by atoms with Gasteiger partial charge in [0.05, 0.1) is 18.2 Å². The number of amides is 1. The predicted octanol–water partition coefficient (Wildman–Crippen LogP) is 6.44. The molecule has 0 aliphatic carbocycles. The lowest BCUT2D eigenvalue weighted by atomic mass is 10.1. The number of aromatic nitrogens is 2. The van der Waals surface area contributed by atoms with E-state index in [1.54, 1.807) is 12.3 Å². The van der Waals surface area contributed by atoms with Crippen molar-refractivity contribution >= 4 is 16.8 Å². The van der Waals surface area contributed by atoms with Gasteiger partial charge in [-0.2, -0.15) is 0 Å². The minimum Gasteiger partial charge on any atom is -0.491 e. The third-order valence-electron chi connectivity index (χ3n) is 5.22. The van der Waals surface area contributed by atoms with Crippen LogP contribution in [-0.2, 0) is 7.05 Å². The van der Waals surface area contributed by atoms with Gasteiger partial charge >= 0.3 is 6.36 Å². The van der Waals surface area contributed by atoms with Crippen molar-refractivity contribution in [2.45, 2.75) is 32.7 Å². The zero-order valence-corrected chi connectivity index (χ0v) is 20.3. The highest BCUT2D eigenvalue weighted by Gasteiger charge is 2.30. The smallest absolute Gasteiger partial charge is 0.491 e. The van der Waals surface area contributed by atoms with Crippen molar-refractivity contribution in [1.29, 1.82) is 0 Å². The molecular weight excluding hydrogens is 471 g/mol. The predicted molar refractivity (Wildman–Crippen MR) is 132 cm³/mol. The van der Waals surface area contributed by atoms with E-state index in [2.05, 4.69) is 15.0 Å². The standard InChI is InChI=1S/C18H17N3O2.C7H5F3O.C2H6/c1-21-11-13(12-5-2-3-6-15(12)21)18(22)20-14-8-10-23-16-7-4-9-19-17(14)16;8-7(9,10)11-6-4-2-1-3-5-6;1-2/h2-7,9,11,14H,8,10H2,1H3,(H,20,22);1-5H;1-2H3. The number of hydrogen-bond acceptors (Lipinski definition) is 4. The van der Waals surface area contributed by atoms with Crippen molar-refractivity contribution in [3.63, 3.8) is 0 Å². The zero-order valence-electron chi connectivity index (χ0n) is 20.3. The Labute approximate surface area is 207 Å². The molecule has 0 bridgehead atoms. The maximum Gasteiger partial charge on any atom is 0.573 e.